The van der Waals surface area contributed by atoms with Gasteiger partial charge in [0.15, 0.2) is 0 Å². The quantitative estimate of drug-likeness (QED) is 0.829. The zero-order valence-corrected chi connectivity index (χ0v) is 18.5. The van der Waals surface area contributed by atoms with Crippen LogP contribution in [-0.4, -0.2) is 76.3 Å². The standard InChI is InChI=1S/C21H33N5OS/c1-15-16(2)28-20-18(15)19(22-17(23-20)13-24-7-5-6-8-24)26-11-9-25(10-12-26)14-21(3,4)27/h27H,5-14H2,1-4H3. The van der Waals surface area contributed by atoms with E-state index in [1.165, 1.54) is 28.7 Å². The summed E-state index contributed by atoms with van der Waals surface area (Å²) in [4.78, 5) is 19.7. The highest BCUT2D eigenvalue weighted by atomic mass is 32.1. The first-order chi connectivity index (χ1) is 13.3. The SMILES string of the molecule is Cc1sc2nc(CN3CCCC3)nc(N3CCN(CC(C)(C)O)CC3)c2c1C. The number of likely N-dealkylation sites (tertiary alicyclic amines) is 1. The van der Waals surface area contributed by atoms with Crippen LogP contribution in [0, 0.1) is 13.8 Å². The zero-order valence-electron chi connectivity index (χ0n) is 17.7. The number of β-amino-alcohol motifs (C(OH)–C–C–N with tert-alkyl or cyclic N) is 1. The Morgan fingerprint density at radius 2 is 1.64 bits per heavy atom. The summed E-state index contributed by atoms with van der Waals surface area (Å²) in [6, 6.07) is 0. The Bertz CT molecular complexity index is 829. The molecule has 6 nitrogen and oxygen atoms in total. The maximum atomic E-state index is 10.1. The van der Waals surface area contributed by atoms with Crippen molar-refractivity contribution in [1.29, 1.82) is 0 Å². The van der Waals surface area contributed by atoms with Crippen LogP contribution in [0.2, 0.25) is 0 Å². The number of thiophene rings is 1. The van der Waals surface area contributed by atoms with E-state index in [4.69, 9.17) is 9.97 Å². The average molecular weight is 404 g/mol. The van der Waals surface area contributed by atoms with E-state index in [-0.39, 0.29) is 0 Å². The van der Waals surface area contributed by atoms with Crippen LogP contribution in [0.5, 0.6) is 0 Å². The van der Waals surface area contributed by atoms with Crippen LogP contribution in [-0.2, 0) is 6.54 Å². The molecule has 28 heavy (non-hydrogen) atoms. The molecule has 0 aliphatic carbocycles. The van der Waals surface area contributed by atoms with E-state index in [9.17, 15) is 5.11 Å². The van der Waals surface area contributed by atoms with Gasteiger partial charge >= 0.3 is 0 Å². The molecule has 0 atom stereocenters. The van der Waals surface area contributed by atoms with Gasteiger partial charge in [0.25, 0.3) is 0 Å². The molecular formula is C21H33N5OS. The second-order valence-corrected chi connectivity index (χ2v) is 10.2. The highest BCUT2D eigenvalue weighted by Gasteiger charge is 2.26. The van der Waals surface area contributed by atoms with E-state index in [0.29, 0.717) is 0 Å². The van der Waals surface area contributed by atoms with Crippen molar-refractivity contribution in [2.75, 3.05) is 50.7 Å². The normalized spacial score (nSPS) is 19.8. The highest BCUT2D eigenvalue weighted by Crippen LogP contribution is 2.35. The number of anilines is 1. The van der Waals surface area contributed by atoms with Crippen LogP contribution in [0.3, 0.4) is 0 Å². The van der Waals surface area contributed by atoms with Crippen LogP contribution < -0.4 is 4.90 Å². The van der Waals surface area contributed by atoms with Gasteiger partial charge in [0, 0.05) is 37.6 Å². The van der Waals surface area contributed by atoms with Crippen molar-refractivity contribution in [2.24, 2.45) is 0 Å². The minimum absolute atomic E-state index is 0.645. The molecule has 2 aliphatic heterocycles. The summed E-state index contributed by atoms with van der Waals surface area (Å²) >= 11 is 1.80. The molecule has 2 aromatic heterocycles. The maximum Gasteiger partial charge on any atom is 0.146 e. The lowest BCUT2D eigenvalue weighted by Gasteiger charge is -2.38. The van der Waals surface area contributed by atoms with E-state index in [0.717, 1.165) is 68.8 Å². The highest BCUT2D eigenvalue weighted by molar-refractivity contribution is 7.18. The van der Waals surface area contributed by atoms with Crippen LogP contribution >= 0.6 is 11.3 Å². The van der Waals surface area contributed by atoms with E-state index < -0.39 is 5.60 Å². The van der Waals surface area contributed by atoms with Gasteiger partial charge < -0.3 is 10.0 Å². The summed E-state index contributed by atoms with van der Waals surface area (Å²) < 4.78 is 0. The minimum Gasteiger partial charge on any atom is -0.389 e. The number of hydrogen-bond donors (Lipinski definition) is 1. The molecule has 1 N–H and O–H groups in total. The van der Waals surface area contributed by atoms with Crippen LogP contribution in [0.4, 0.5) is 5.82 Å². The fraction of sp³-hybridized carbons (Fsp3) is 0.714. The Hall–Kier alpha value is -1.28. The molecule has 0 aromatic carbocycles. The number of rotatable bonds is 5. The van der Waals surface area contributed by atoms with Crippen LogP contribution in [0.15, 0.2) is 0 Å². The molecule has 154 valence electrons. The second kappa shape index (κ2) is 7.86. The van der Waals surface area contributed by atoms with Crippen molar-refractivity contribution in [1.82, 2.24) is 19.8 Å². The van der Waals surface area contributed by atoms with Crippen molar-refractivity contribution in [2.45, 2.75) is 52.7 Å². The summed E-state index contributed by atoms with van der Waals surface area (Å²) in [7, 11) is 0. The van der Waals surface area contributed by atoms with E-state index in [2.05, 4.69) is 28.5 Å². The van der Waals surface area contributed by atoms with Gasteiger partial charge in [-0.05, 0) is 59.2 Å². The average Bonchev–Trinajstić information content (AvgIpc) is 3.22. The second-order valence-electron chi connectivity index (χ2n) is 8.99. The van der Waals surface area contributed by atoms with E-state index in [1.54, 1.807) is 11.3 Å². The zero-order chi connectivity index (χ0) is 19.9. The Balaban J connectivity index is 1.60. The van der Waals surface area contributed by atoms with Crippen molar-refractivity contribution < 1.29 is 5.11 Å². The lowest BCUT2D eigenvalue weighted by molar-refractivity contribution is 0.0345. The fourth-order valence-electron chi connectivity index (χ4n) is 4.38. The van der Waals surface area contributed by atoms with Crippen LogP contribution in [0.25, 0.3) is 10.2 Å². The van der Waals surface area contributed by atoms with E-state index >= 15 is 0 Å². The first-order valence-electron chi connectivity index (χ1n) is 10.5. The lowest BCUT2D eigenvalue weighted by Crippen LogP contribution is -2.50. The number of fused-ring (bicyclic) bond motifs is 1. The first-order valence-corrected chi connectivity index (χ1v) is 11.3. The number of aryl methyl sites for hydroxylation is 2. The molecule has 0 amide bonds. The van der Waals surface area contributed by atoms with Crippen molar-refractivity contribution >= 4 is 27.4 Å². The number of nitrogens with zero attached hydrogens (tertiary/aromatic N) is 5. The van der Waals surface area contributed by atoms with Gasteiger partial charge in [-0.15, -0.1) is 11.3 Å². The summed E-state index contributed by atoms with van der Waals surface area (Å²) in [5, 5.41) is 11.4. The van der Waals surface area contributed by atoms with Crippen LogP contribution in [0.1, 0.15) is 43.0 Å². The Morgan fingerprint density at radius 1 is 0.964 bits per heavy atom. The third kappa shape index (κ3) is 4.32. The van der Waals surface area contributed by atoms with Crippen molar-refractivity contribution in [3.8, 4) is 0 Å². The largest absolute Gasteiger partial charge is 0.389 e. The molecule has 0 radical (unpaired) electrons. The van der Waals surface area contributed by atoms with Gasteiger partial charge in [0.1, 0.15) is 16.5 Å². The summed E-state index contributed by atoms with van der Waals surface area (Å²) in [6.07, 6.45) is 2.57. The molecule has 0 spiro atoms. The molecule has 2 saturated heterocycles. The molecule has 2 aromatic rings. The van der Waals surface area contributed by atoms with Gasteiger partial charge in [-0.1, -0.05) is 0 Å². The lowest BCUT2D eigenvalue weighted by atomic mass is 10.1. The van der Waals surface area contributed by atoms with Crippen molar-refractivity contribution in [3.05, 3.63) is 16.3 Å². The molecule has 4 rings (SSSR count). The van der Waals surface area contributed by atoms with Gasteiger partial charge in [-0.3, -0.25) is 9.80 Å². The van der Waals surface area contributed by atoms with E-state index in [1.807, 2.05) is 13.8 Å². The fourth-order valence-corrected chi connectivity index (χ4v) is 5.42. The Kier molecular flexibility index (Phi) is 5.62. The van der Waals surface area contributed by atoms with Crippen molar-refractivity contribution in [3.63, 3.8) is 0 Å². The minimum atomic E-state index is -0.645. The third-order valence-electron chi connectivity index (χ3n) is 5.90. The molecule has 0 bridgehead atoms. The molecular weight excluding hydrogens is 370 g/mol. The number of aromatic nitrogens is 2. The summed E-state index contributed by atoms with van der Waals surface area (Å²) in [5.74, 6) is 2.08. The molecule has 0 saturated carbocycles. The van der Waals surface area contributed by atoms with Gasteiger partial charge in [0.2, 0.25) is 0 Å². The monoisotopic (exact) mass is 403 g/mol. The maximum absolute atomic E-state index is 10.1. The molecule has 2 aliphatic rings. The smallest absolute Gasteiger partial charge is 0.146 e. The third-order valence-corrected chi connectivity index (χ3v) is 7.00. The summed E-state index contributed by atoms with van der Waals surface area (Å²) in [6.45, 7) is 15.9. The first kappa shape index (κ1) is 20.0. The summed E-state index contributed by atoms with van der Waals surface area (Å²) in [5.41, 5.74) is 0.676. The molecule has 4 heterocycles. The number of piperazine rings is 1. The Morgan fingerprint density at radius 3 is 2.29 bits per heavy atom. The Labute approximate surface area is 172 Å². The number of aliphatic hydroxyl groups is 1. The predicted molar refractivity (Wildman–Crippen MR) is 116 cm³/mol. The predicted octanol–water partition coefficient (Wildman–Crippen LogP) is 2.80. The van der Waals surface area contributed by atoms with Gasteiger partial charge in [-0.25, -0.2) is 9.97 Å². The van der Waals surface area contributed by atoms with Gasteiger partial charge in [0.05, 0.1) is 17.5 Å². The number of hydrogen-bond acceptors (Lipinski definition) is 7. The van der Waals surface area contributed by atoms with Gasteiger partial charge in [-0.2, -0.15) is 0 Å². The topological polar surface area (TPSA) is 55.7 Å². The molecule has 7 heteroatoms. The molecule has 2 fully saturated rings. The molecule has 0 unspecified atom stereocenters.